The van der Waals surface area contributed by atoms with E-state index >= 15 is 0 Å². The Bertz CT molecular complexity index is 505. The molecule has 0 radical (unpaired) electrons. The summed E-state index contributed by atoms with van der Waals surface area (Å²) in [5.41, 5.74) is 7.31. The lowest BCUT2D eigenvalue weighted by Crippen LogP contribution is -2.10. The van der Waals surface area contributed by atoms with Gasteiger partial charge < -0.3 is 20.1 Å². The fourth-order valence-corrected chi connectivity index (χ4v) is 2.02. The lowest BCUT2D eigenvalue weighted by molar-refractivity contribution is 0.188. The molecule has 1 aromatic carbocycles. The van der Waals surface area contributed by atoms with Crippen molar-refractivity contribution in [2.45, 2.75) is 6.10 Å². The molecule has 0 saturated heterocycles. The highest BCUT2D eigenvalue weighted by Gasteiger charge is 2.15. The van der Waals surface area contributed by atoms with Crippen molar-refractivity contribution in [3.05, 3.63) is 30.0 Å². The van der Waals surface area contributed by atoms with E-state index in [1.807, 2.05) is 36.0 Å². The first kappa shape index (κ1) is 11.0. The van der Waals surface area contributed by atoms with Gasteiger partial charge in [-0.05, 0) is 6.07 Å². The van der Waals surface area contributed by atoms with Gasteiger partial charge in [0.2, 0.25) is 0 Å². The largest absolute Gasteiger partial charge is 0.495 e. The van der Waals surface area contributed by atoms with Crippen LogP contribution >= 0.6 is 0 Å². The number of aliphatic hydroxyl groups excluding tert-OH is 1. The van der Waals surface area contributed by atoms with Crippen molar-refractivity contribution in [1.82, 2.24) is 4.57 Å². The van der Waals surface area contributed by atoms with E-state index in [9.17, 15) is 5.11 Å². The summed E-state index contributed by atoms with van der Waals surface area (Å²) < 4.78 is 7.25. The smallest absolute Gasteiger partial charge is 0.143 e. The number of aryl methyl sites for hydroxylation is 1. The first-order valence-corrected chi connectivity index (χ1v) is 5.19. The molecule has 1 atom stereocenters. The quantitative estimate of drug-likeness (QED) is 0.816. The highest BCUT2D eigenvalue weighted by atomic mass is 16.5. The minimum atomic E-state index is -0.629. The molecular formula is C12H16N2O2. The Morgan fingerprint density at radius 1 is 1.50 bits per heavy atom. The van der Waals surface area contributed by atoms with E-state index in [1.54, 1.807) is 7.11 Å². The highest BCUT2D eigenvalue weighted by Crippen LogP contribution is 2.31. The van der Waals surface area contributed by atoms with Crippen LogP contribution in [-0.2, 0) is 7.05 Å². The lowest BCUT2D eigenvalue weighted by atomic mass is 10.1. The second kappa shape index (κ2) is 4.15. The molecule has 2 rings (SSSR count). The van der Waals surface area contributed by atoms with Crippen molar-refractivity contribution in [3.63, 3.8) is 0 Å². The van der Waals surface area contributed by atoms with E-state index in [4.69, 9.17) is 10.5 Å². The highest BCUT2D eigenvalue weighted by molar-refractivity contribution is 5.89. The molecule has 1 heterocycles. The summed E-state index contributed by atoms with van der Waals surface area (Å²) in [5.74, 6) is 0.801. The summed E-state index contributed by atoms with van der Waals surface area (Å²) >= 11 is 0. The average Bonchev–Trinajstić information content (AvgIpc) is 2.66. The topological polar surface area (TPSA) is 60.4 Å². The zero-order chi connectivity index (χ0) is 11.7. The Labute approximate surface area is 94.2 Å². The zero-order valence-corrected chi connectivity index (χ0v) is 9.47. The molecular weight excluding hydrogens is 204 g/mol. The van der Waals surface area contributed by atoms with Gasteiger partial charge in [-0.2, -0.15) is 0 Å². The molecule has 1 unspecified atom stereocenters. The Morgan fingerprint density at radius 3 is 2.88 bits per heavy atom. The minimum Gasteiger partial charge on any atom is -0.495 e. The van der Waals surface area contributed by atoms with Crippen LogP contribution in [0.5, 0.6) is 5.75 Å². The number of fused-ring (bicyclic) bond motifs is 1. The van der Waals surface area contributed by atoms with Gasteiger partial charge in [0, 0.05) is 30.7 Å². The molecule has 0 amide bonds. The summed E-state index contributed by atoms with van der Waals surface area (Å²) in [6, 6.07) is 5.78. The second-order valence-corrected chi connectivity index (χ2v) is 3.80. The van der Waals surface area contributed by atoms with Crippen molar-refractivity contribution in [1.29, 1.82) is 0 Å². The predicted molar refractivity (Wildman–Crippen MR) is 63.5 cm³/mol. The molecule has 86 valence electrons. The molecule has 16 heavy (non-hydrogen) atoms. The van der Waals surface area contributed by atoms with Crippen molar-refractivity contribution < 1.29 is 9.84 Å². The fraction of sp³-hybridized carbons (Fsp3) is 0.333. The van der Waals surface area contributed by atoms with E-state index < -0.39 is 6.10 Å². The van der Waals surface area contributed by atoms with Gasteiger partial charge in [0.15, 0.2) is 0 Å². The summed E-state index contributed by atoms with van der Waals surface area (Å²) in [5, 5.41) is 10.8. The number of hydrogen-bond donors (Lipinski definition) is 2. The van der Waals surface area contributed by atoms with Crippen LogP contribution in [0, 0.1) is 0 Å². The molecule has 3 N–H and O–H groups in total. The molecule has 4 heteroatoms. The third-order valence-electron chi connectivity index (χ3n) is 2.80. The van der Waals surface area contributed by atoms with E-state index in [2.05, 4.69) is 0 Å². The Kier molecular flexibility index (Phi) is 2.85. The van der Waals surface area contributed by atoms with Crippen LogP contribution in [0.2, 0.25) is 0 Å². The third-order valence-corrected chi connectivity index (χ3v) is 2.80. The van der Waals surface area contributed by atoms with Crippen molar-refractivity contribution in [2.75, 3.05) is 13.7 Å². The van der Waals surface area contributed by atoms with E-state index in [0.29, 0.717) is 0 Å². The summed E-state index contributed by atoms with van der Waals surface area (Å²) in [7, 11) is 3.57. The number of rotatable bonds is 3. The zero-order valence-electron chi connectivity index (χ0n) is 9.47. The molecule has 4 nitrogen and oxygen atoms in total. The lowest BCUT2D eigenvalue weighted by Gasteiger charge is -2.06. The number of para-hydroxylation sites is 1. The van der Waals surface area contributed by atoms with Crippen LogP contribution in [0.25, 0.3) is 10.9 Å². The van der Waals surface area contributed by atoms with Crippen molar-refractivity contribution in [3.8, 4) is 5.75 Å². The van der Waals surface area contributed by atoms with Crippen LogP contribution < -0.4 is 10.5 Å². The fourth-order valence-electron chi connectivity index (χ4n) is 2.02. The van der Waals surface area contributed by atoms with Gasteiger partial charge in [0.1, 0.15) is 5.75 Å². The molecule has 2 aromatic rings. The summed E-state index contributed by atoms with van der Waals surface area (Å²) in [4.78, 5) is 0. The van der Waals surface area contributed by atoms with E-state index in [0.717, 1.165) is 22.2 Å². The molecule has 0 saturated carbocycles. The minimum absolute atomic E-state index is 0.219. The number of aromatic nitrogens is 1. The molecule has 0 bridgehead atoms. The predicted octanol–water partition coefficient (Wildman–Crippen LogP) is 1.18. The number of nitrogens with zero attached hydrogens (tertiary/aromatic N) is 1. The second-order valence-electron chi connectivity index (χ2n) is 3.80. The number of hydrogen-bond acceptors (Lipinski definition) is 3. The van der Waals surface area contributed by atoms with Crippen molar-refractivity contribution >= 4 is 10.9 Å². The van der Waals surface area contributed by atoms with Crippen LogP contribution in [0.4, 0.5) is 0 Å². The van der Waals surface area contributed by atoms with E-state index in [1.165, 1.54) is 0 Å². The number of benzene rings is 1. The van der Waals surface area contributed by atoms with Crippen molar-refractivity contribution in [2.24, 2.45) is 12.8 Å². The molecule has 0 aliphatic carbocycles. The van der Waals surface area contributed by atoms with Gasteiger partial charge in [-0.3, -0.25) is 0 Å². The van der Waals surface area contributed by atoms with Crippen LogP contribution in [-0.4, -0.2) is 23.3 Å². The first-order chi connectivity index (χ1) is 7.69. The Hall–Kier alpha value is -1.52. The molecule has 0 spiro atoms. The SMILES string of the molecule is COc1cccc2c(C(O)CN)cn(C)c12. The maximum Gasteiger partial charge on any atom is 0.143 e. The van der Waals surface area contributed by atoms with Gasteiger partial charge in [0.25, 0.3) is 0 Å². The Morgan fingerprint density at radius 2 is 2.25 bits per heavy atom. The number of ether oxygens (including phenoxy) is 1. The summed E-state index contributed by atoms with van der Waals surface area (Å²) in [6.45, 7) is 0.219. The third kappa shape index (κ3) is 1.56. The average molecular weight is 220 g/mol. The van der Waals surface area contributed by atoms with Gasteiger partial charge in [-0.15, -0.1) is 0 Å². The normalized spacial score (nSPS) is 13.0. The standard InChI is InChI=1S/C12H16N2O2/c1-14-7-9(10(15)6-13)8-4-3-5-11(16-2)12(8)14/h3-5,7,10,15H,6,13H2,1-2H3. The monoisotopic (exact) mass is 220 g/mol. The Balaban J connectivity index is 2.71. The molecule has 1 aromatic heterocycles. The van der Waals surface area contributed by atoms with Crippen LogP contribution in [0.1, 0.15) is 11.7 Å². The number of nitrogens with two attached hydrogens (primary N) is 1. The maximum absolute atomic E-state index is 9.83. The maximum atomic E-state index is 9.83. The number of aliphatic hydroxyl groups is 1. The van der Waals surface area contributed by atoms with Gasteiger partial charge in [-0.25, -0.2) is 0 Å². The van der Waals surface area contributed by atoms with Gasteiger partial charge >= 0.3 is 0 Å². The summed E-state index contributed by atoms with van der Waals surface area (Å²) in [6.07, 6.45) is 1.26. The van der Waals surface area contributed by atoms with Gasteiger partial charge in [-0.1, -0.05) is 12.1 Å². The molecule has 0 aliphatic heterocycles. The first-order valence-electron chi connectivity index (χ1n) is 5.19. The van der Waals surface area contributed by atoms with E-state index in [-0.39, 0.29) is 6.54 Å². The number of methoxy groups -OCH3 is 1. The van der Waals surface area contributed by atoms with Crippen LogP contribution in [0.3, 0.4) is 0 Å². The molecule has 0 fully saturated rings. The van der Waals surface area contributed by atoms with Gasteiger partial charge in [0.05, 0.1) is 18.7 Å². The van der Waals surface area contributed by atoms with Crippen LogP contribution in [0.15, 0.2) is 24.4 Å². The molecule has 0 aliphatic rings.